The number of carboxylic acids is 1. The van der Waals surface area contributed by atoms with Crippen molar-refractivity contribution in [2.24, 2.45) is 17.3 Å². The number of nitrogens with zero attached hydrogens (tertiary/aromatic N) is 1. The molecule has 4 heteroatoms. The fraction of sp³-hybridized carbons (Fsp3) is 0.593. The van der Waals surface area contributed by atoms with E-state index in [0.29, 0.717) is 12.0 Å². The normalized spacial score (nSPS) is 25.1. The molecule has 1 atom stereocenters. The van der Waals surface area contributed by atoms with Gasteiger partial charge in [-0.3, -0.25) is 9.69 Å². The monoisotopic (exact) mass is 423 g/mol. The largest absolute Gasteiger partial charge is 0.490 e. The molecule has 0 spiro atoms. The number of carbonyl (C=O) groups is 1. The van der Waals surface area contributed by atoms with Gasteiger partial charge in [0.05, 0.1) is 12.0 Å². The lowest BCUT2D eigenvalue weighted by Crippen LogP contribution is -2.31. The zero-order valence-corrected chi connectivity index (χ0v) is 19.5. The van der Waals surface area contributed by atoms with Crippen molar-refractivity contribution in [3.8, 4) is 5.75 Å². The number of likely N-dealkylation sites (tertiary alicyclic amines) is 1. The van der Waals surface area contributed by atoms with Crippen LogP contribution in [0.2, 0.25) is 0 Å². The van der Waals surface area contributed by atoms with Gasteiger partial charge in [-0.2, -0.15) is 0 Å². The molecule has 1 saturated carbocycles. The molecule has 0 unspecified atom stereocenters. The lowest BCUT2D eigenvalue weighted by molar-refractivity contribution is -0.141. The minimum Gasteiger partial charge on any atom is -0.490 e. The fourth-order valence-corrected chi connectivity index (χ4v) is 5.48. The summed E-state index contributed by atoms with van der Waals surface area (Å²) in [6.45, 7) is 11.4. The molecule has 1 N–H and O–H groups in total. The molecular formula is C27H37NO3. The van der Waals surface area contributed by atoms with E-state index in [9.17, 15) is 9.90 Å². The van der Waals surface area contributed by atoms with Crippen molar-refractivity contribution in [2.75, 3.05) is 13.1 Å². The summed E-state index contributed by atoms with van der Waals surface area (Å²) in [5.41, 5.74) is 2.82. The van der Waals surface area contributed by atoms with Gasteiger partial charge in [-0.15, -0.1) is 0 Å². The summed E-state index contributed by atoms with van der Waals surface area (Å²) in [6.07, 6.45) is 5.66. The molecule has 0 radical (unpaired) electrons. The van der Waals surface area contributed by atoms with E-state index in [2.05, 4.69) is 62.9 Å². The van der Waals surface area contributed by atoms with Crippen molar-refractivity contribution < 1.29 is 14.6 Å². The lowest BCUT2D eigenvalue weighted by atomic mass is 9.72. The molecule has 2 aromatic carbocycles. The molecule has 0 bridgehead atoms. The SMILES string of the molecule is Cc1cc(OC2CCC(C(C)(C)C)CC2)c(CN2CC[C@@H](C(=O)O)C2)c2ccccc12. The van der Waals surface area contributed by atoms with Crippen molar-refractivity contribution in [1.29, 1.82) is 0 Å². The van der Waals surface area contributed by atoms with Crippen LogP contribution in [0.25, 0.3) is 10.8 Å². The number of hydrogen-bond acceptors (Lipinski definition) is 3. The fourth-order valence-electron chi connectivity index (χ4n) is 5.48. The first-order valence-electron chi connectivity index (χ1n) is 11.9. The number of aliphatic carboxylic acids is 1. The molecule has 1 aliphatic heterocycles. The van der Waals surface area contributed by atoms with Gasteiger partial charge in [-0.25, -0.2) is 0 Å². The first kappa shape index (κ1) is 22.1. The topological polar surface area (TPSA) is 49.8 Å². The van der Waals surface area contributed by atoms with Gasteiger partial charge in [0, 0.05) is 18.7 Å². The Morgan fingerprint density at radius 2 is 1.77 bits per heavy atom. The highest BCUT2D eigenvalue weighted by atomic mass is 16.5. The number of aryl methyl sites for hydroxylation is 1. The van der Waals surface area contributed by atoms with Gasteiger partial charge >= 0.3 is 5.97 Å². The third-order valence-corrected chi connectivity index (χ3v) is 7.52. The van der Waals surface area contributed by atoms with Crippen LogP contribution in [-0.4, -0.2) is 35.2 Å². The molecule has 1 saturated heterocycles. The number of carboxylic acid groups (broad SMARTS) is 1. The second-order valence-electron chi connectivity index (χ2n) is 10.7. The zero-order valence-electron chi connectivity index (χ0n) is 19.5. The van der Waals surface area contributed by atoms with Gasteiger partial charge in [0.1, 0.15) is 5.75 Å². The second kappa shape index (κ2) is 8.82. The summed E-state index contributed by atoms with van der Waals surface area (Å²) in [5, 5.41) is 11.9. The Kier molecular flexibility index (Phi) is 6.30. The zero-order chi connectivity index (χ0) is 22.2. The van der Waals surface area contributed by atoms with Gasteiger partial charge in [-0.05, 0) is 79.3 Å². The molecule has 4 nitrogen and oxygen atoms in total. The average Bonchev–Trinajstić information content (AvgIpc) is 3.20. The van der Waals surface area contributed by atoms with Crippen LogP contribution in [0.4, 0.5) is 0 Å². The Balaban J connectivity index is 1.58. The first-order valence-corrected chi connectivity index (χ1v) is 11.9. The summed E-state index contributed by atoms with van der Waals surface area (Å²) in [7, 11) is 0. The van der Waals surface area contributed by atoms with Gasteiger partial charge in [-0.1, -0.05) is 45.0 Å². The molecule has 2 aliphatic rings. The Labute approximate surface area is 186 Å². The quantitative estimate of drug-likeness (QED) is 0.637. The summed E-state index contributed by atoms with van der Waals surface area (Å²) < 4.78 is 6.68. The third kappa shape index (κ3) is 4.90. The highest BCUT2D eigenvalue weighted by molar-refractivity contribution is 5.90. The van der Waals surface area contributed by atoms with E-state index in [1.54, 1.807) is 0 Å². The van der Waals surface area contributed by atoms with Gasteiger partial charge in [0.25, 0.3) is 0 Å². The van der Waals surface area contributed by atoms with Crippen molar-refractivity contribution in [2.45, 2.75) is 72.4 Å². The van der Waals surface area contributed by atoms with Gasteiger partial charge in [0.15, 0.2) is 0 Å². The van der Waals surface area contributed by atoms with Crippen LogP contribution in [0.1, 0.15) is 64.0 Å². The number of benzene rings is 2. The predicted molar refractivity (Wildman–Crippen MR) is 126 cm³/mol. The summed E-state index contributed by atoms with van der Waals surface area (Å²) in [5.74, 6) is 0.828. The number of rotatable bonds is 5. The van der Waals surface area contributed by atoms with E-state index in [0.717, 1.165) is 44.0 Å². The third-order valence-electron chi connectivity index (χ3n) is 7.52. The van der Waals surface area contributed by atoms with E-state index in [1.807, 2.05) is 0 Å². The minimum absolute atomic E-state index is 0.256. The van der Waals surface area contributed by atoms with Crippen LogP contribution in [0.5, 0.6) is 5.75 Å². The molecule has 2 aromatic rings. The second-order valence-corrected chi connectivity index (χ2v) is 10.7. The molecule has 31 heavy (non-hydrogen) atoms. The van der Waals surface area contributed by atoms with Crippen molar-refractivity contribution in [3.05, 3.63) is 41.5 Å². The molecular weight excluding hydrogens is 386 g/mol. The van der Waals surface area contributed by atoms with E-state index in [-0.39, 0.29) is 12.0 Å². The predicted octanol–water partition coefficient (Wildman–Crippen LogP) is 6.04. The van der Waals surface area contributed by atoms with Crippen molar-refractivity contribution in [1.82, 2.24) is 4.90 Å². The van der Waals surface area contributed by atoms with E-state index < -0.39 is 5.97 Å². The van der Waals surface area contributed by atoms with Crippen LogP contribution < -0.4 is 4.74 Å². The Hall–Kier alpha value is -2.07. The Morgan fingerprint density at radius 3 is 2.39 bits per heavy atom. The average molecular weight is 424 g/mol. The van der Waals surface area contributed by atoms with Crippen molar-refractivity contribution in [3.63, 3.8) is 0 Å². The standard InChI is InChI=1S/C27H37NO3/c1-18-15-25(31-21-11-9-20(10-12-21)27(2,3)4)24(23-8-6-5-7-22(18)23)17-28-14-13-19(16-28)26(29)30/h5-8,15,19-21H,9-14,16-17H2,1-4H3,(H,29,30)/t19-,20?,21?/m1/s1. The van der Waals surface area contributed by atoms with E-state index >= 15 is 0 Å². The van der Waals surface area contributed by atoms with E-state index in [1.165, 1.54) is 34.7 Å². The number of ether oxygens (including phenoxy) is 1. The summed E-state index contributed by atoms with van der Waals surface area (Å²) in [4.78, 5) is 13.7. The molecule has 168 valence electrons. The van der Waals surface area contributed by atoms with Crippen LogP contribution >= 0.6 is 0 Å². The molecule has 2 fully saturated rings. The Bertz CT molecular complexity index is 937. The lowest BCUT2D eigenvalue weighted by Gasteiger charge is -2.37. The van der Waals surface area contributed by atoms with Gasteiger partial charge in [0.2, 0.25) is 0 Å². The van der Waals surface area contributed by atoms with Crippen LogP contribution in [0.3, 0.4) is 0 Å². The van der Waals surface area contributed by atoms with Crippen molar-refractivity contribution >= 4 is 16.7 Å². The Morgan fingerprint density at radius 1 is 1.10 bits per heavy atom. The van der Waals surface area contributed by atoms with Gasteiger partial charge < -0.3 is 9.84 Å². The number of hydrogen-bond donors (Lipinski definition) is 1. The maximum absolute atomic E-state index is 11.4. The maximum Gasteiger partial charge on any atom is 0.307 e. The highest BCUT2D eigenvalue weighted by Crippen LogP contribution is 2.40. The molecule has 1 aliphatic carbocycles. The number of fused-ring (bicyclic) bond motifs is 1. The minimum atomic E-state index is -0.677. The first-order chi connectivity index (χ1) is 14.7. The van der Waals surface area contributed by atoms with Crippen LogP contribution in [-0.2, 0) is 11.3 Å². The highest BCUT2D eigenvalue weighted by Gasteiger charge is 2.32. The van der Waals surface area contributed by atoms with Crippen LogP contribution in [0, 0.1) is 24.2 Å². The summed E-state index contributed by atoms with van der Waals surface area (Å²) in [6, 6.07) is 10.7. The molecule has 0 aromatic heterocycles. The van der Waals surface area contributed by atoms with Crippen LogP contribution in [0.15, 0.2) is 30.3 Å². The molecule has 1 heterocycles. The maximum atomic E-state index is 11.4. The molecule has 4 rings (SSSR count). The summed E-state index contributed by atoms with van der Waals surface area (Å²) >= 11 is 0. The smallest absolute Gasteiger partial charge is 0.307 e. The van der Waals surface area contributed by atoms with E-state index in [4.69, 9.17) is 4.74 Å². The molecule has 0 amide bonds.